The number of carbonyl (C=O) groups is 1. The number of carbonyl (C=O) groups excluding carboxylic acids is 1. The van der Waals surface area contributed by atoms with Gasteiger partial charge in [-0.15, -0.1) is 0 Å². The van der Waals surface area contributed by atoms with Gasteiger partial charge in [-0.25, -0.2) is 0 Å². The Morgan fingerprint density at radius 1 is 1.26 bits per heavy atom. The van der Waals surface area contributed by atoms with Gasteiger partial charge >= 0.3 is 0 Å². The zero-order chi connectivity index (χ0) is 16.1. The Kier molecular flexibility index (Phi) is 5.68. The molecule has 4 heteroatoms. The molecule has 1 N–H and O–H groups in total. The molecule has 1 unspecified atom stereocenters. The number of amides is 1. The van der Waals surface area contributed by atoms with E-state index in [-0.39, 0.29) is 6.04 Å². The van der Waals surface area contributed by atoms with Crippen molar-refractivity contribution in [2.24, 2.45) is 5.92 Å². The van der Waals surface area contributed by atoms with Gasteiger partial charge in [-0.2, -0.15) is 0 Å². The van der Waals surface area contributed by atoms with Gasteiger partial charge in [-0.05, 0) is 36.3 Å². The highest BCUT2D eigenvalue weighted by Crippen LogP contribution is 2.26. The summed E-state index contributed by atoms with van der Waals surface area (Å²) in [5.41, 5.74) is 2.59. The van der Waals surface area contributed by atoms with Crippen LogP contribution in [0.4, 0.5) is 0 Å². The highest BCUT2D eigenvalue weighted by molar-refractivity contribution is 5.77. The Balaban J connectivity index is 1.68. The van der Waals surface area contributed by atoms with Crippen molar-refractivity contribution in [3.8, 4) is 0 Å². The van der Waals surface area contributed by atoms with E-state index in [1.54, 1.807) is 0 Å². The maximum Gasteiger partial charge on any atom is 0.223 e. The van der Waals surface area contributed by atoms with Gasteiger partial charge in [0.2, 0.25) is 5.91 Å². The van der Waals surface area contributed by atoms with Crippen molar-refractivity contribution in [1.82, 2.24) is 10.2 Å². The Labute approximate surface area is 139 Å². The molecular formula is C19H28N2O2. The fourth-order valence-electron chi connectivity index (χ4n) is 3.59. The fourth-order valence-corrected chi connectivity index (χ4v) is 3.59. The van der Waals surface area contributed by atoms with Crippen molar-refractivity contribution in [2.75, 3.05) is 32.8 Å². The van der Waals surface area contributed by atoms with Crippen LogP contribution >= 0.6 is 0 Å². The van der Waals surface area contributed by atoms with Crippen LogP contribution in [0.3, 0.4) is 0 Å². The monoisotopic (exact) mass is 316 g/mol. The molecule has 2 aliphatic heterocycles. The lowest BCUT2D eigenvalue weighted by molar-refractivity contribution is -0.136. The zero-order valence-electron chi connectivity index (χ0n) is 14.1. The van der Waals surface area contributed by atoms with E-state index < -0.39 is 0 Å². The minimum absolute atomic E-state index is 0.169. The average molecular weight is 316 g/mol. The van der Waals surface area contributed by atoms with Gasteiger partial charge in [0.25, 0.3) is 0 Å². The summed E-state index contributed by atoms with van der Waals surface area (Å²) in [6.07, 6.45) is 3.77. The molecule has 2 saturated heterocycles. The molecule has 0 aromatic heterocycles. The van der Waals surface area contributed by atoms with E-state index in [2.05, 4.69) is 41.4 Å². The topological polar surface area (TPSA) is 41.6 Å². The van der Waals surface area contributed by atoms with E-state index in [1.165, 1.54) is 11.1 Å². The predicted octanol–water partition coefficient (Wildman–Crippen LogP) is 2.54. The molecule has 1 amide bonds. The molecule has 1 aromatic carbocycles. The SMILES string of the molecule is CCc1ccc(C2CNCCN2C(=O)CC2CCOCC2)cc1. The standard InChI is InChI=1S/C19H28N2O2/c1-2-15-3-5-17(6-4-15)18-14-20-9-10-21(18)19(22)13-16-7-11-23-12-8-16/h3-6,16,18,20H,2,7-14H2,1H3. The number of rotatable bonds is 4. The first-order valence-electron chi connectivity index (χ1n) is 8.94. The third kappa shape index (κ3) is 4.12. The van der Waals surface area contributed by atoms with E-state index in [0.717, 1.165) is 52.1 Å². The van der Waals surface area contributed by atoms with E-state index in [1.807, 2.05) is 0 Å². The molecule has 0 radical (unpaired) electrons. The summed E-state index contributed by atoms with van der Waals surface area (Å²) in [6.45, 7) is 6.33. The first kappa shape index (κ1) is 16.5. The summed E-state index contributed by atoms with van der Waals surface area (Å²) in [4.78, 5) is 14.9. The smallest absolute Gasteiger partial charge is 0.223 e. The summed E-state index contributed by atoms with van der Waals surface area (Å²) in [7, 11) is 0. The number of benzene rings is 1. The lowest BCUT2D eigenvalue weighted by Crippen LogP contribution is -2.49. The maximum absolute atomic E-state index is 12.8. The fraction of sp³-hybridized carbons (Fsp3) is 0.632. The molecule has 2 heterocycles. The van der Waals surface area contributed by atoms with Crippen LogP contribution in [0.5, 0.6) is 0 Å². The number of piperazine rings is 1. The highest BCUT2D eigenvalue weighted by atomic mass is 16.5. The number of hydrogen-bond donors (Lipinski definition) is 1. The largest absolute Gasteiger partial charge is 0.381 e. The molecule has 126 valence electrons. The van der Waals surface area contributed by atoms with E-state index >= 15 is 0 Å². The average Bonchev–Trinajstić information content (AvgIpc) is 2.62. The van der Waals surface area contributed by atoms with Crippen molar-refractivity contribution in [1.29, 1.82) is 0 Å². The maximum atomic E-state index is 12.8. The number of hydrogen-bond acceptors (Lipinski definition) is 3. The van der Waals surface area contributed by atoms with Crippen molar-refractivity contribution in [3.05, 3.63) is 35.4 Å². The summed E-state index contributed by atoms with van der Waals surface area (Å²) >= 11 is 0. The Morgan fingerprint density at radius 2 is 2.00 bits per heavy atom. The Morgan fingerprint density at radius 3 is 2.70 bits per heavy atom. The van der Waals surface area contributed by atoms with Crippen molar-refractivity contribution < 1.29 is 9.53 Å². The second kappa shape index (κ2) is 7.93. The number of nitrogens with zero attached hydrogens (tertiary/aromatic N) is 1. The summed E-state index contributed by atoms with van der Waals surface area (Å²) in [6, 6.07) is 8.91. The van der Waals surface area contributed by atoms with Crippen molar-refractivity contribution >= 4 is 5.91 Å². The van der Waals surface area contributed by atoms with Gasteiger partial charge in [0, 0.05) is 39.3 Å². The third-order valence-electron chi connectivity index (χ3n) is 5.14. The summed E-state index contributed by atoms with van der Waals surface area (Å²) < 4.78 is 5.40. The van der Waals surface area contributed by atoms with Gasteiger partial charge in [-0.1, -0.05) is 31.2 Å². The molecule has 2 fully saturated rings. The second-order valence-electron chi connectivity index (χ2n) is 6.66. The molecule has 0 aliphatic carbocycles. The van der Waals surface area contributed by atoms with Gasteiger partial charge in [-0.3, -0.25) is 4.79 Å². The molecule has 0 bridgehead atoms. The normalized spacial score (nSPS) is 23.0. The summed E-state index contributed by atoms with van der Waals surface area (Å²) in [5.74, 6) is 0.803. The number of aryl methyl sites for hydroxylation is 1. The van der Waals surface area contributed by atoms with Gasteiger partial charge in [0.1, 0.15) is 0 Å². The Bertz CT molecular complexity index is 509. The molecule has 23 heavy (non-hydrogen) atoms. The van der Waals surface area contributed by atoms with Crippen molar-refractivity contribution in [3.63, 3.8) is 0 Å². The lowest BCUT2D eigenvalue weighted by Gasteiger charge is -2.37. The molecular weight excluding hydrogens is 288 g/mol. The minimum atomic E-state index is 0.169. The van der Waals surface area contributed by atoms with Crippen LogP contribution < -0.4 is 5.32 Å². The molecule has 1 atom stereocenters. The van der Waals surface area contributed by atoms with Crippen LogP contribution in [0.25, 0.3) is 0 Å². The van der Waals surface area contributed by atoms with Crippen LogP contribution in [0, 0.1) is 5.92 Å². The molecule has 0 saturated carbocycles. The second-order valence-corrected chi connectivity index (χ2v) is 6.66. The molecule has 3 rings (SSSR count). The molecule has 2 aliphatic rings. The predicted molar refractivity (Wildman–Crippen MR) is 91.3 cm³/mol. The lowest BCUT2D eigenvalue weighted by atomic mass is 9.94. The van der Waals surface area contributed by atoms with Gasteiger partial charge in [0.15, 0.2) is 0 Å². The number of nitrogens with one attached hydrogen (secondary N) is 1. The quantitative estimate of drug-likeness (QED) is 0.928. The van der Waals surface area contributed by atoms with Crippen LogP contribution in [0.1, 0.15) is 43.4 Å². The molecule has 0 spiro atoms. The van der Waals surface area contributed by atoms with Crippen LogP contribution in [-0.2, 0) is 16.0 Å². The van der Waals surface area contributed by atoms with E-state index in [4.69, 9.17) is 4.74 Å². The van der Waals surface area contributed by atoms with Gasteiger partial charge in [0.05, 0.1) is 6.04 Å². The van der Waals surface area contributed by atoms with Crippen molar-refractivity contribution in [2.45, 2.75) is 38.6 Å². The van der Waals surface area contributed by atoms with Crippen LogP contribution in [0.15, 0.2) is 24.3 Å². The van der Waals surface area contributed by atoms with E-state index in [9.17, 15) is 4.79 Å². The number of ether oxygens (including phenoxy) is 1. The van der Waals surface area contributed by atoms with Gasteiger partial charge < -0.3 is 15.0 Å². The molecule has 4 nitrogen and oxygen atoms in total. The zero-order valence-corrected chi connectivity index (χ0v) is 14.1. The first-order chi connectivity index (χ1) is 11.3. The first-order valence-corrected chi connectivity index (χ1v) is 8.94. The van der Waals surface area contributed by atoms with Crippen LogP contribution in [-0.4, -0.2) is 43.7 Å². The Hall–Kier alpha value is -1.39. The minimum Gasteiger partial charge on any atom is -0.381 e. The van der Waals surface area contributed by atoms with Crippen LogP contribution in [0.2, 0.25) is 0 Å². The highest BCUT2D eigenvalue weighted by Gasteiger charge is 2.29. The summed E-state index contributed by atoms with van der Waals surface area (Å²) in [5, 5.41) is 3.44. The van der Waals surface area contributed by atoms with E-state index in [0.29, 0.717) is 18.2 Å². The molecule has 1 aromatic rings. The third-order valence-corrected chi connectivity index (χ3v) is 5.14.